The maximum absolute atomic E-state index is 5.90. The van der Waals surface area contributed by atoms with Crippen molar-refractivity contribution in [2.45, 2.75) is 13.0 Å². The Labute approximate surface area is 160 Å². The van der Waals surface area contributed by atoms with Crippen LogP contribution in [0.25, 0.3) is 0 Å². The SMILES string of the molecule is C=CCOc1ccccc1CN=C(N)NCCc1ccccn1.I. The minimum absolute atomic E-state index is 0. The number of nitrogens with one attached hydrogen (secondary N) is 1. The third-order valence-electron chi connectivity index (χ3n) is 3.16. The molecule has 1 heterocycles. The molecular formula is C18H23IN4O. The second-order valence-corrected chi connectivity index (χ2v) is 4.91. The number of aromatic nitrogens is 1. The Morgan fingerprint density at radius 1 is 1.25 bits per heavy atom. The molecule has 0 amide bonds. The highest BCUT2D eigenvalue weighted by Crippen LogP contribution is 2.18. The first-order valence-corrected chi connectivity index (χ1v) is 7.55. The van der Waals surface area contributed by atoms with Gasteiger partial charge in [0, 0.05) is 30.4 Å². The van der Waals surface area contributed by atoms with Crippen LogP contribution in [0.4, 0.5) is 0 Å². The van der Waals surface area contributed by atoms with Crippen LogP contribution >= 0.6 is 24.0 Å². The van der Waals surface area contributed by atoms with Crippen LogP contribution in [-0.4, -0.2) is 24.1 Å². The van der Waals surface area contributed by atoms with Gasteiger partial charge in [-0.1, -0.05) is 36.9 Å². The van der Waals surface area contributed by atoms with Crippen LogP contribution in [0.2, 0.25) is 0 Å². The highest BCUT2D eigenvalue weighted by Gasteiger charge is 2.02. The van der Waals surface area contributed by atoms with E-state index < -0.39 is 0 Å². The number of hydrogen-bond acceptors (Lipinski definition) is 3. The van der Waals surface area contributed by atoms with Crippen LogP contribution in [0.3, 0.4) is 0 Å². The predicted octanol–water partition coefficient (Wildman–Crippen LogP) is 2.91. The minimum atomic E-state index is 0. The number of nitrogens with zero attached hydrogens (tertiary/aromatic N) is 2. The first-order valence-electron chi connectivity index (χ1n) is 7.55. The molecule has 2 rings (SSSR count). The number of nitrogens with two attached hydrogens (primary N) is 1. The third kappa shape index (κ3) is 6.99. The summed E-state index contributed by atoms with van der Waals surface area (Å²) in [6, 6.07) is 13.6. The molecule has 0 bridgehead atoms. The van der Waals surface area contributed by atoms with Crippen LogP contribution in [0.15, 0.2) is 66.3 Å². The average Bonchev–Trinajstić information content (AvgIpc) is 2.60. The molecular weight excluding hydrogens is 415 g/mol. The van der Waals surface area contributed by atoms with Crippen molar-refractivity contribution < 1.29 is 4.74 Å². The molecule has 1 aromatic heterocycles. The lowest BCUT2D eigenvalue weighted by molar-refractivity contribution is 0.359. The Kier molecular flexibility index (Phi) is 9.52. The molecule has 0 saturated heterocycles. The van der Waals surface area contributed by atoms with Crippen molar-refractivity contribution in [2.24, 2.45) is 10.7 Å². The predicted molar refractivity (Wildman–Crippen MR) is 109 cm³/mol. The minimum Gasteiger partial charge on any atom is -0.489 e. The van der Waals surface area contributed by atoms with E-state index in [1.165, 1.54) is 0 Å². The van der Waals surface area contributed by atoms with Gasteiger partial charge in [-0.25, -0.2) is 4.99 Å². The molecule has 2 aromatic rings. The molecule has 0 aliphatic carbocycles. The van der Waals surface area contributed by atoms with Gasteiger partial charge in [-0.05, 0) is 18.2 Å². The summed E-state index contributed by atoms with van der Waals surface area (Å²) in [4.78, 5) is 8.62. The third-order valence-corrected chi connectivity index (χ3v) is 3.16. The van der Waals surface area contributed by atoms with Crippen molar-refractivity contribution in [3.8, 4) is 5.75 Å². The van der Waals surface area contributed by atoms with E-state index in [1.807, 2.05) is 42.5 Å². The van der Waals surface area contributed by atoms with Crippen molar-refractivity contribution in [2.75, 3.05) is 13.2 Å². The Balaban J connectivity index is 0.00000288. The van der Waals surface area contributed by atoms with Crippen LogP contribution in [-0.2, 0) is 13.0 Å². The van der Waals surface area contributed by atoms with Gasteiger partial charge in [-0.15, -0.1) is 24.0 Å². The van der Waals surface area contributed by atoms with Gasteiger partial charge in [0.05, 0.1) is 6.54 Å². The van der Waals surface area contributed by atoms with Crippen molar-refractivity contribution in [3.05, 3.63) is 72.6 Å². The van der Waals surface area contributed by atoms with E-state index >= 15 is 0 Å². The van der Waals surface area contributed by atoms with Crippen molar-refractivity contribution in [1.29, 1.82) is 0 Å². The van der Waals surface area contributed by atoms with E-state index in [9.17, 15) is 0 Å². The number of rotatable bonds is 8. The monoisotopic (exact) mass is 438 g/mol. The van der Waals surface area contributed by atoms with Gasteiger partial charge in [0.15, 0.2) is 5.96 Å². The first kappa shape index (κ1) is 20.0. The fourth-order valence-corrected chi connectivity index (χ4v) is 2.01. The number of hydrogen-bond donors (Lipinski definition) is 2. The van der Waals surface area contributed by atoms with E-state index in [0.29, 0.717) is 25.7 Å². The Morgan fingerprint density at radius 3 is 2.79 bits per heavy atom. The van der Waals surface area contributed by atoms with Crippen LogP contribution in [0.1, 0.15) is 11.3 Å². The zero-order valence-corrected chi connectivity index (χ0v) is 15.9. The van der Waals surface area contributed by atoms with Gasteiger partial charge in [0.1, 0.15) is 12.4 Å². The molecule has 0 aliphatic rings. The molecule has 3 N–H and O–H groups in total. The summed E-state index contributed by atoms with van der Waals surface area (Å²) in [6.45, 7) is 5.28. The molecule has 6 heteroatoms. The van der Waals surface area contributed by atoms with Crippen LogP contribution in [0, 0.1) is 0 Å². The van der Waals surface area contributed by atoms with Crippen molar-refractivity contribution in [1.82, 2.24) is 10.3 Å². The molecule has 0 spiro atoms. The molecule has 0 aliphatic heterocycles. The van der Waals surface area contributed by atoms with Crippen LogP contribution < -0.4 is 15.8 Å². The number of guanidine groups is 1. The number of pyridine rings is 1. The van der Waals surface area contributed by atoms with E-state index in [-0.39, 0.29) is 24.0 Å². The Hall–Kier alpha value is -2.09. The highest BCUT2D eigenvalue weighted by atomic mass is 127. The molecule has 0 saturated carbocycles. The fraction of sp³-hybridized carbons (Fsp3) is 0.222. The topological polar surface area (TPSA) is 72.5 Å². The van der Waals surface area contributed by atoms with Gasteiger partial charge >= 0.3 is 0 Å². The number of para-hydroxylation sites is 1. The molecule has 1 aromatic carbocycles. The molecule has 0 radical (unpaired) electrons. The second kappa shape index (κ2) is 11.4. The summed E-state index contributed by atoms with van der Waals surface area (Å²) < 4.78 is 5.60. The molecule has 0 unspecified atom stereocenters. The smallest absolute Gasteiger partial charge is 0.188 e. The van der Waals surface area contributed by atoms with Crippen LogP contribution in [0.5, 0.6) is 5.75 Å². The number of aliphatic imine (C=N–C) groups is 1. The zero-order valence-electron chi connectivity index (χ0n) is 13.5. The number of benzene rings is 1. The average molecular weight is 438 g/mol. The van der Waals surface area contributed by atoms with E-state index in [1.54, 1.807) is 12.3 Å². The van der Waals surface area contributed by atoms with E-state index in [0.717, 1.165) is 23.4 Å². The summed E-state index contributed by atoms with van der Waals surface area (Å²) in [6.07, 6.45) is 4.30. The van der Waals surface area contributed by atoms with Crippen molar-refractivity contribution in [3.63, 3.8) is 0 Å². The number of halogens is 1. The van der Waals surface area contributed by atoms with Gasteiger partial charge in [-0.2, -0.15) is 0 Å². The summed E-state index contributed by atoms with van der Waals surface area (Å²) >= 11 is 0. The quantitative estimate of drug-likeness (QED) is 0.288. The lowest BCUT2D eigenvalue weighted by Gasteiger charge is -2.09. The van der Waals surface area contributed by atoms with Gasteiger partial charge in [0.25, 0.3) is 0 Å². The first-order chi connectivity index (χ1) is 11.3. The zero-order chi connectivity index (χ0) is 16.3. The highest BCUT2D eigenvalue weighted by molar-refractivity contribution is 14.0. The van der Waals surface area contributed by atoms with Gasteiger partial charge < -0.3 is 15.8 Å². The summed E-state index contributed by atoms with van der Waals surface area (Å²) in [5.74, 6) is 1.22. The molecule has 0 fully saturated rings. The summed E-state index contributed by atoms with van der Waals surface area (Å²) in [5.41, 5.74) is 7.91. The fourth-order valence-electron chi connectivity index (χ4n) is 2.01. The Bertz CT molecular complexity index is 646. The lowest BCUT2D eigenvalue weighted by atomic mass is 10.2. The lowest BCUT2D eigenvalue weighted by Crippen LogP contribution is -2.33. The Morgan fingerprint density at radius 2 is 2.04 bits per heavy atom. The van der Waals surface area contributed by atoms with Crippen molar-refractivity contribution >= 4 is 29.9 Å². The van der Waals surface area contributed by atoms with E-state index in [4.69, 9.17) is 10.5 Å². The second-order valence-electron chi connectivity index (χ2n) is 4.91. The van der Waals surface area contributed by atoms with Gasteiger partial charge in [-0.3, -0.25) is 4.98 Å². The molecule has 24 heavy (non-hydrogen) atoms. The molecule has 0 atom stereocenters. The maximum Gasteiger partial charge on any atom is 0.188 e. The summed E-state index contributed by atoms with van der Waals surface area (Å²) in [5, 5.41) is 3.09. The molecule has 5 nitrogen and oxygen atoms in total. The largest absolute Gasteiger partial charge is 0.489 e. The summed E-state index contributed by atoms with van der Waals surface area (Å²) in [7, 11) is 0. The maximum atomic E-state index is 5.90. The normalized spacial score (nSPS) is 10.6. The standard InChI is InChI=1S/C18H22N4O.HI/c1-2-13-23-17-9-4-3-7-15(17)14-22-18(19)21-12-10-16-8-5-6-11-20-16;/h2-9,11H,1,10,12-14H2,(H3,19,21,22);1H. The molecule has 128 valence electrons. The number of ether oxygens (including phenoxy) is 1. The van der Waals surface area contributed by atoms with Gasteiger partial charge in [0.2, 0.25) is 0 Å². The van der Waals surface area contributed by atoms with E-state index in [2.05, 4.69) is 21.9 Å².